The van der Waals surface area contributed by atoms with Crippen LogP contribution in [0, 0.1) is 6.92 Å². The molecule has 16 heavy (non-hydrogen) atoms. The topological polar surface area (TPSA) is 32.3 Å². The second-order valence-electron chi connectivity index (χ2n) is 3.60. The minimum Gasteiger partial charge on any atom is -0.508 e. The fraction of sp³-hybridized carbons (Fsp3) is 0.167. The molecule has 0 aliphatic carbocycles. The summed E-state index contributed by atoms with van der Waals surface area (Å²) in [5, 5.41) is 17.2. The number of benzene rings is 1. The maximum absolute atomic E-state index is 9.67. The average molecular weight is 298 g/mol. The lowest BCUT2D eigenvalue weighted by molar-refractivity contribution is 0.469. The first kappa shape index (κ1) is 11.5. The van der Waals surface area contributed by atoms with E-state index in [4.69, 9.17) is 0 Å². The fourth-order valence-electron chi connectivity index (χ4n) is 1.43. The summed E-state index contributed by atoms with van der Waals surface area (Å²) in [5.74, 6) is 0.323. The van der Waals surface area contributed by atoms with Crippen LogP contribution in [0.2, 0.25) is 0 Å². The number of aryl methyl sites for hydroxylation is 1. The van der Waals surface area contributed by atoms with Gasteiger partial charge in [0.25, 0.3) is 0 Å². The van der Waals surface area contributed by atoms with Crippen molar-refractivity contribution in [2.45, 2.75) is 13.5 Å². The van der Waals surface area contributed by atoms with E-state index in [9.17, 15) is 5.11 Å². The summed E-state index contributed by atoms with van der Waals surface area (Å²) in [6.07, 6.45) is 0. The van der Waals surface area contributed by atoms with Gasteiger partial charge in [0.05, 0.1) is 0 Å². The van der Waals surface area contributed by atoms with Crippen molar-refractivity contribution < 1.29 is 5.11 Å². The van der Waals surface area contributed by atoms with Crippen molar-refractivity contribution in [3.05, 3.63) is 44.6 Å². The van der Waals surface area contributed by atoms with Crippen LogP contribution >= 0.6 is 27.3 Å². The Morgan fingerprint density at radius 3 is 2.88 bits per heavy atom. The third kappa shape index (κ3) is 2.57. The maximum atomic E-state index is 9.67. The molecule has 0 aliphatic heterocycles. The predicted octanol–water partition coefficient (Wildman–Crippen LogP) is 4.14. The molecule has 1 aromatic heterocycles. The molecule has 1 aromatic carbocycles. The summed E-state index contributed by atoms with van der Waals surface area (Å²) < 4.78 is 0.976. The minimum absolute atomic E-state index is 0.323. The van der Waals surface area contributed by atoms with Crippen LogP contribution in [0.3, 0.4) is 0 Å². The molecule has 84 valence electrons. The Morgan fingerprint density at radius 2 is 2.19 bits per heavy atom. The van der Waals surface area contributed by atoms with Crippen LogP contribution in [-0.2, 0) is 6.54 Å². The summed E-state index contributed by atoms with van der Waals surface area (Å²) in [7, 11) is 0. The zero-order valence-electron chi connectivity index (χ0n) is 8.83. The highest BCUT2D eigenvalue weighted by Gasteiger charge is 2.03. The van der Waals surface area contributed by atoms with E-state index in [1.165, 1.54) is 5.56 Å². The molecule has 2 aromatic rings. The first-order valence-corrected chi connectivity index (χ1v) is 6.64. The molecule has 2 nitrogen and oxygen atoms in total. The molecule has 2 rings (SSSR count). The number of rotatable bonds is 3. The largest absolute Gasteiger partial charge is 0.508 e. The Bertz CT molecular complexity index is 496. The highest BCUT2D eigenvalue weighted by atomic mass is 79.9. The van der Waals surface area contributed by atoms with E-state index in [-0.39, 0.29) is 0 Å². The highest BCUT2D eigenvalue weighted by Crippen LogP contribution is 2.25. The lowest BCUT2D eigenvalue weighted by Crippen LogP contribution is -1.99. The third-order valence-corrected chi connectivity index (χ3v) is 3.72. The minimum atomic E-state index is 0.323. The smallest absolute Gasteiger partial charge is 0.120 e. The van der Waals surface area contributed by atoms with E-state index in [0.29, 0.717) is 12.3 Å². The van der Waals surface area contributed by atoms with E-state index >= 15 is 0 Å². The van der Waals surface area contributed by atoms with Gasteiger partial charge in [-0.05, 0) is 36.1 Å². The molecule has 0 bridgehead atoms. The average Bonchev–Trinajstić information content (AvgIpc) is 2.66. The highest BCUT2D eigenvalue weighted by molar-refractivity contribution is 9.10. The molecule has 4 heteroatoms. The van der Waals surface area contributed by atoms with E-state index in [1.807, 2.05) is 12.1 Å². The van der Waals surface area contributed by atoms with Gasteiger partial charge in [0.2, 0.25) is 0 Å². The van der Waals surface area contributed by atoms with Gasteiger partial charge in [-0.25, -0.2) is 0 Å². The van der Waals surface area contributed by atoms with Crippen LogP contribution < -0.4 is 5.32 Å². The Hall–Kier alpha value is -1.00. The summed E-state index contributed by atoms with van der Waals surface area (Å²) >= 11 is 5.07. The quantitative estimate of drug-likeness (QED) is 0.892. The molecule has 0 unspecified atom stereocenters. The van der Waals surface area contributed by atoms with E-state index < -0.39 is 0 Å². The number of anilines is 1. The Morgan fingerprint density at radius 1 is 1.38 bits per heavy atom. The lowest BCUT2D eigenvalue weighted by Gasteiger charge is -2.08. The van der Waals surface area contributed by atoms with E-state index in [1.54, 1.807) is 17.4 Å². The number of phenols is 1. The molecule has 0 fully saturated rings. The van der Waals surface area contributed by atoms with Crippen LogP contribution in [0.5, 0.6) is 5.75 Å². The Labute approximate surface area is 107 Å². The molecule has 1 heterocycles. The molecule has 0 saturated carbocycles. The van der Waals surface area contributed by atoms with Crippen LogP contribution in [-0.4, -0.2) is 5.11 Å². The van der Waals surface area contributed by atoms with Crippen molar-refractivity contribution in [1.82, 2.24) is 0 Å². The normalized spacial score (nSPS) is 10.4. The maximum Gasteiger partial charge on any atom is 0.120 e. The van der Waals surface area contributed by atoms with Gasteiger partial charge in [-0.3, -0.25) is 0 Å². The Balaban J connectivity index is 2.10. The van der Waals surface area contributed by atoms with Crippen molar-refractivity contribution in [3.63, 3.8) is 0 Å². The molecular weight excluding hydrogens is 286 g/mol. The summed E-state index contributed by atoms with van der Waals surface area (Å²) in [5.41, 5.74) is 3.25. The predicted molar refractivity (Wildman–Crippen MR) is 72.2 cm³/mol. The molecular formula is C12H12BrNOS. The molecule has 0 aliphatic rings. The van der Waals surface area contributed by atoms with Crippen molar-refractivity contribution in [1.29, 1.82) is 0 Å². The van der Waals surface area contributed by atoms with Crippen molar-refractivity contribution in [2.75, 3.05) is 5.32 Å². The summed E-state index contributed by atoms with van der Waals surface area (Å²) in [6, 6.07) is 5.44. The van der Waals surface area contributed by atoms with Crippen molar-refractivity contribution >= 4 is 33.0 Å². The number of aromatic hydroxyl groups is 1. The monoisotopic (exact) mass is 297 g/mol. The Kier molecular flexibility index (Phi) is 3.51. The second-order valence-corrected chi connectivity index (χ2v) is 5.25. The van der Waals surface area contributed by atoms with Gasteiger partial charge in [-0.2, -0.15) is 0 Å². The first-order valence-electron chi connectivity index (χ1n) is 4.91. The number of halogens is 1. The van der Waals surface area contributed by atoms with Crippen molar-refractivity contribution in [3.8, 4) is 5.75 Å². The standard InChI is InChI=1S/C12H12BrNOS/c1-8-6-16-7-11(8)14-5-9-4-10(13)2-3-12(9)15/h2-4,6-7,14-15H,5H2,1H3. The van der Waals surface area contributed by atoms with Crippen LogP contribution in [0.15, 0.2) is 33.4 Å². The zero-order chi connectivity index (χ0) is 11.5. The summed E-state index contributed by atoms with van der Waals surface area (Å²) in [4.78, 5) is 0. The van der Waals surface area contributed by atoms with Gasteiger partial charge in [-0.15, -0.1) is 11.3 Å². The number of thiophene rings is 1. The zero-order valence-corrected chi connectivity index (χ0v) is 11.2. The van der Waals surface area contributed by atoms with E-state index in [0.717, 1.165) is 15.7 Å². The summed E-state index contributed by atoms with van der Waals surface area (Å²) in [6.45, 7) is 2.70. The molecule has 2 N–H and O–H groups in total. The van der Waals surface area contributed by atoms with Gasteiger partial charge < -0.3 is 10.4 Å². The SMILES string of the molecule is Cc1cscc1NCc1cc(Br)ccc1O. The van der Waals surface area contributed by atoms with Crippen LogP contribution in [0.1, 0.15) is 11.1 Å². The van der Waals surface area contributed by atoms with Crippen LogP contribution in [0.25, 0.3) is 0 Å². The number of nitrogens with one attached hydrogen (secondary N) is 1. The second kappa shape index (κ2) is 4.89. The van der Waals surface area contributed by atoms with Gasteiger partial charge in [0.1, 0.15) is 5.75 Å². The first-order chi connectivity index (χ1) is 7.66. The van der Waals surface area contributed by atoms with Crippen LogP contribution in [0.4, 0.5) is 5.69 Å². The van der Waals surface area contributed by atoms with E-state index in [2.05, 4.69) is 38.9 Å². The molecule has 0 saturated heterocycles. The molecule has 0 amide bonds. The number of hydrogen-bond acceptors (Lipinski definition) is 3. The van der Waals surface area contributed by atoms with Gasteiger partial charge in [0.15, 0.2) is 0 Å². The third-order valence-electron chi connectivity index (χ3n) is 2.37. The van der Waals surface area contributed by atoms with Gasteiger partial charge in [-0.1, -0.05) is 15.9 Å². The fourth-order valence-corrected chi connectivity index (χ4v) is 2.64. The number of phenolic OH excluding ortho intramolecular Hbond substituents is 1. The van der Waals surface area contributed by atoms with Gasteiger partial charge in [0, 0.05) is 27.6 Å². The lowest BCUT2D eigenvalue weighted by atomic mass is 10.2. The molecule has 0 atom stereocenters. The molecule has 0 spiro atoms. The number of hydrogen-bond donors (Lipinski definition) is 2. The molecule has 0 radical (unpaired) electrons. The van der Waals surface area contributed by atoms with Gasteiger partial charge >= 0.3 is 0 Å². The van der Waals surface area contributed by atoms with Crippen molar-refractivity contribution in [2.24, 2.45) is 0 Å².